The smallest absolute Gasteiger partial charge is 0.232 e. The molecule has 10 heteroatoms. The number of allylic oxidation sites excluding steroid dienone is 1. The number of morpholine rings is 1. The van der Waals surface area contributed by atoms with Crippen molar-refractivity contribution in [3.05, 3.63) is 93.2 Å². The van der Waals surface area contributed by atoms with E-state index >= 15 is 0 Å². The number of ether oxygens (including phenoxy) is 2. The highest BCUT2D eigenvalue weighted by Gasteiger charge is 2.32. The van der Waals surface area contributed by atoms with Gasteiger partial charge in [-0.15, -0.1) is 21.5 Å². The summed E-state index contributed by atoms with van der Waals surface area (Å²) in [5.41, 5.74) is 3.28. The number of thioether (sulfide) groups is 1. The summed E-state index contributed by atoms with van der Waals surface area (Å²) in [7, 11) is 1.65. The first-order valence-electron chi connectivity index (χ1n) is 12.1. The van der Waals surface area contributed by atoms with Gasteiger partial charge < -0.3 is 19.3 Å². The zero-order chi connectivity index (χ0) is 25.9. The Labute approximate surface area is 229 Å². The molecule has 6 rings (SSSR count). The summed E-state index contributed by atoms with van der Waals surface area (Å²) in [6, 6.07) is 24.4. The van der Waals surface area contributed by atoms with Crippen LogP contribution in [0.5, 0.6) is 5.75 Å². The van der Waals surface area contributed by atoms with E-state index in [4.69, 9.17) is 9.47 Å². The molecule has 0 saturated carbocycles. The molecule has 0 N–H and O–H groups in total. The molecule has 0 atom stereocenters. The van der Waals surface area contributed by atoms with Gasteiger partial charge in [0.2, 0.25) is 5.95 Å². The van der Waals surface area contributed by atoms with Gasteiger partial charge in [-0.2, -0.15) is 5.26 Å². The second-order valence-electron chi connectivity index (χ2n) is 8.52. The Bertz CT molecular complexity index is 1520. The molecule has 2 aromatic heterocycles. The van der Waals surface area contributed by atoms with Gasteiger partial charge in [-0.3, -0.25) is 4.57 Å². The first-order chi connectivity index (χ1) is 18.8. The van der Waals surface area contributed by atoms with E-state index in [0.717, 1.165) is 32.7 Å². The number of aromatic nitrogens is 3. The highest BCUT2D eigenvalue weighted by molar-refractivity contribution is 8.06. The molecule has 190 valence electrons. The number of hydrogen-bond acceptors (Lipinski definition) is 9. The number of methoxy groups -OCH3 is 1. The van der Waals surface area contributed by atoms with E-state index in [1.54, 1.807) is 18.4 Å². The number of thiophene rings is 1. The Balaban J connectivity index is 1.52. The van der Waals surface area contributed by atoms with E-state index in [9.17, 15) is 5.26 Å². The molecular weight excluding hydrogens is 516 g/mol. The van der Waals surface area contributed by atoms with Gasteiger partial charge in [0.15, 0.2) is 5.82 Å². The molecule has 0 amide bonds. The van der Waals surface area contributed by atoms with Gasteiger partial charge in [0.25, 0.3) is 0 Å². The monoisotopic (exact) mass is 540 g/mol. The number of rotatable bonds is 6. The van der Waals surface area contributed by atoms with Crippen molar-refractivity contribution in [1.82, 2.24) is 14.8 Å². The van der Waals surface area contributed by atoms with Crippen LogP contribution in [-0.4, -0.2) is 48.2 Å². The molecule has 0 spiro atoms. The van der Waals surface area contributed by atoms with Gasteiger partial charge in [0, 0.05) is 24.2 Å². The standard InChI is InChI=1S/C28H24N6O2S2/c1-35-22-11-9-21(10-12-22)33-24(25-8-5-17-37-25)19-38-27(33)23(18-29)26-30-31-28(32-13-15-36-16-14-32)34(26)20-6-3-2-4-7-20/h2-12,17,19H,13-16H2,1H3. The Morgan fingerprint density at radius 1 is 0.974 bits per heavy atom. The average Bonchev–Trinajstić information content (AvgIpc) is 3.75. The lowest BCUT2D eigenvalue weighted by Gasteiger charge is -2.28. The molecule has 38 heavy (non-hydrogen) atoms. The van der Waals surface area contributed by atoms with Crippen LogP contribution in [-0.2, 0) is 4.74 Å². The largest absolute Gasteiger partial charge is 0.497 e. The first kappa shape index (κ1) is 24.3. The van der Waals surface area contributed by atoms with E-state index in [1.165, 1.54) is 11.8 Å². The third-order valence-electron chi connectivity index (χ3n) is 6.33. The fourth-order valence-corrected chi connectivity index (χ4v) is 6.32. The van der Waals surface area contributed by atoms with Crippen molar-refractivity contribution in [3.8, 4) is 17.5 Å². The van der Waals surface area contributed by atoms with Crippen molar-refractivity contribution in [2.45, 2.75) is 0 Å². The van der Waals surface area contributed by atoms with Crippen molar-refractivity contribution < 1.29 is 9.47 Å². The molecule has 2 aromatic carbocycles. The lowest BCUT2D eigenvalue weighted by Crippen LogP contribution is -2.38. The van der Waals surface area contributed by atoms with Crippen molar-refractivity contribution in [3.63, 3.8) is 0 Å². The third kappa shape index (κ3) is 4.45. The highest BCUT2D eigenvalue weighted by atomic mass is 32.2. The normalized spacial score (nSPS) is 16.8. The van der Waals surface area contributed by atoms with Crippen molar-refractivity contribution in [2.24, 2.45) is 0 Å². The van der Waals surface area contributed by atoms with Crippen LogP contribution in [0.25, 0.3) is 17.0 Å². The molecule has 0 radical (unpaired) electrons. The zero-order valence-electron chi connectivity index (χ0n) is 20.7. The minimum absolute atomic E-state index is 0.449. The lowest BCUT2D eigenvalue weighted by molar-refractivity contribution is 0.122. The summed E-state index contributed by atoms with van der Waals surface area (Å²) in [5, 5.41) is 24.7. The summed E-state index contributed by atoms with van der Waals surface area (Å²) < 4.78 is 12.9. The number of para-hydroxylation sites is 1. The molecule has 8 nitrogen and oxygen atoms in total. The molecule has 2 aliphatic rings. The van der Waals surface area contributed by atoms with Gasteiger partial charge >= 0.3 is 0 Å². The minimum Gasteiger partial charge on any atom is -0.497 e. The van der Waals surface area contributed by atoms with Gasteiger partial charge in [0.05, 0.1) is 36.6 Å². The maximum absolute atomic E-state index is 10.6. The van der Waals surface area contributed by atoms with Crippen LogP contribution in [0.3, 0.4) is 0 Å². The van der Waals surface area contributed by atoms with Crippen LogP contribution >= 0.6 is 23.1 Å². The molecule has 4 heterocycles. The summed E-state index contributed by atoms with van der Waals surface area (Å²) in [4.78, 5) is 5.39. The van der Waals surface area contributed by atoms with Crippen LogP contribution < -0.4 is 14.5 Å². The maximum atomic E-state index is 10.6. The lowest BCUT2D eigenvalue weighted by atomic mass is 10.2. The predicted molar refractivity (Wildman–Crippen MR) is 152 cm³/mol. The first-order valence-corrected chi connectivity index (χ1v) is 13.9. The van der Waals surface area contributed by atoms with E-state index in [0.29, 0.717) is 43.6 Å². The van der Waals surface area contributed by atoms with E-state index in [1.807, 2.05) is 65.2 Å². The summed E-state index contributed by atoms with van der Waals surface area (Å²) >= 11 is 3.18. The molecular formula is C28H24N6O2S2. The molecule has 2 aliphatic heterocycles. The van der Waals surface area contributed by atoms with E-state index in [2.05, 4.69) is 42.9 Å². The minimum atomic E-state index is 0.449. The van der Waals surface area contributed by atoms with Crippen LogP contribution in [0.2, 0.25) is 0 Å². The van der Waals surface area contributed by atoms with Crippen LogP contribution in [0.1, 0.15) is 10.7 Å². The Morgan fingerprint density at radius 2 is 1.76 bits per heavy atom. The molecule has 0 aliphatic carbocycles. The SMILES string of the molecule is COc1ccc(N2C(c3cccs3)=CSC2=C(C#N)c2nnc(N3CCOCC3)n2-c2ccccc2)cc1. The average molecular weight is 541 g/mol. The van der Waals surface area contributed by atoms with Crippen LogP contribution in [0.4, 0.5) is 11.6 Å². The fourth-order valence-electron chi connectivity index (χ4n) is 4.49. The molecule has 4 aromatic rings. The van der Waals surface area contributed by atoms with Crippen molar-refractivity contribution in [1.29, 1.82) is 5.26 Å². The summed E-state index contributed by atoms with van der Waals surface area (Å²) in [6.07, 6.45) is 0. The second kappa shape index (κ2) is 10.8. The van der Waals surface area contributed by atoms with Gasteiger partial charge in [0.1, 0.15) is 22.4 Å². The third-order valence-corrected chi connectivity index (χ3v) is 8.18. The molecule has 1 fully saturated rings. The maximum Gasteiger partial charge on any atom is 0.232 e. The quantitative estimate of drug-likeness (QED) is 0.292. The van der Waals surface area contributed by atoms with Crippen LogP contribution in [0.15, 0.2) is 82.5 Å². The van der Waals surface area contributed by atoms with Crippen LogP contribution in [0, 0.1) is 11.3 Å². The van der Waals surface area contributed by atoms with Gasteiger partial charge in [-0.05, 0) is 47.8 Å². The number of anilines is 2. The molecule has 0 unspecified atom stereocenters. The Kier molecular flexibility index (Phi) is 6.88. The number of benzene rings is 2. The molecule has 0 bridgehead atoms. The Morgan fingerprint density at radius 3 is 2.45 bits per heavy atom. The van der Waals surface area contributed by atoms with Gasteiger partial charge in [-0.25, -0.2) is 0 Å². The number of hydrogen-bond donors (Lipinski definition) is 0. The van der Waals surface area contributed by atoms with Gasteiger partial charge in [-0.1, -0.05) is 36.0 Å². The highest BCUT2D eigenvalue weighted by Crippen LogP contribution is 2.47. The molecule has 1 saturated heterocycles. The summed E-state index contributed by atoms with van der Waals surface area (Å²) in [6.45, 7) is 2.66. The second-order valence-corrected chi connectivity index (χ2v) is 10.3. The summed E-state index contributed by atoms with van der Waals surface area (Å²) in [5.74, 6) is 1.97. The fraction of sp³-hybridized carbons (Fsp3) is 0.179. The van der Waals surface area contributed by atoms with E-state index in [-0.39, 0.29) is 0 Å². The van der Waals surface area contributed by atoms with E-state index < -0.39 is 0 Å². The topological polar surface area (TPSA) is 79.4 Å². The Hall–Kier alpha value is -4.04. The van der Waals surface area contributed by atoms with Crippen molar-refractivity contribution >= 4 is 46.0 Å². The number of nitriles is 1. The zero-order valence-corrected chi connectivity index (χ0v) is 22.3. The predicted octanol–water partition coefficient (Wildman–Crippen LogP) is 5.62. The van der Waals surface area contributed by atoms with Crippen molar-refractivity contribution in [2.75, 3.05) is 43.2 Å². The number of nitrogens with zero attached hydrogens (tertiary/aromatic N) is 6.